The molecule has 1 heterocycles. The fraction of sp³-hybridized carbons (Fsp3) is 0. The van der Waals surface area contributed by atoms with Gasteiger partial charge in [-0.1, -0.05) is 54.6 Å². The minimum atomic E-state index is -0.0569. The van der Waals surface area contributed by atoms with Gasteiger partial charge in [0, 0.05) is 0 Å². The zero-order valence-corrected chi connectivity index (χ0v) is 11.2. The van der Waals surface area contributed by atoms with Crippen LogP contribution in [0.1, 0.15) is 15.9 Å². The van der Waals surface area contributed by atoms with Crippen LogP contribution < -0.4 is 4.74 Å². The van der Waals surface area contributed by atoms with Gasteiger partial charge in [-0.05, 0) is 34.5 Å². The van der Waals surface area contributed by atoms with Crippen LogP contribution in [0.25, 0.3) is 16.8 Å². The second-order valence-corrected chi connectivity index (χ2v) is 5.00. The fourth-order valence-electron chi connectivity index (χ4n) is 2.65. The molecule has 1 aliphatic rings. The molecule has 0 aromatic heterocycles. The second kappa shape index (κ2) is 4.60. The summed E-state index contributed by atoms with van der Waals surface area (Å²) in [5, 5.41) is 2.26. The Morgan fingerprint density at radius 1 is 0.810 bits per heavy atom. The zero-order valence-electron chi connectivity index (χ0n) is 11.2. The van der Waals surface area contributed by atoms with Crippen LogP contribution >= 0.6 is 0 Å². The minimum absolute atomic E-state index is 0.0569. The highest BCUT2D eigenvalue weighted by atomic mass is 16.5. The summed E-state index contributed by atoms with van der Waals surface area (Å²) in [5.41, 5.74) is 1.62. The Labute approximate surface area is 122 Å². The van der Waals surface area contributed by atoms with E-state index in [0.717, 1.165) is 16.3 Å². The molecule has 0 N–H and O–H groups in total. The van der Waals surface area contributed by atoms with E-state index in [0.29, 0.717) is 17.1 Å². The average Bonchev–Trinajstić information content (AvgIpc) is 2.85. The topological polar surface area (TPSA) is 26.3 Å². The van der Waals surface area contributed by atoms with E-state index in [1.165, 1.54) is 0 Å². The van der Waals surface area contributed by atoms with Crippen LogP contribution in [0.4, 0.5) is 0 Å². The molecule has 3 aromatic carbocycles. The van der Waals surface area contributed by atoms with Crippen LogP contribution in [0, 0.1) is 0 Å². The van der Waals surface area contributed by atoms with Crippen molar-refractivity contribution in [1.82, 2.24) is 0 Å². The van der Waals surface area contributed by atoms with Crippen molar-refractivity contribution in [2.45, 2.75) is 0 Å². The molecule has 4 rings (SSSR count). The summed E-state index contributed by atoms with van der Waals surface area (Å²) >= 11 is 0. The molecular weight excluding hydrogens is 260 g/mol. The van der Waals surface area contributed by atoms with Gasteiger partial charge in [0.15, 0.2) is 5.76 Å². The number of allylic oxidation sites excluding steroid dienone is 1. The van der Waals surface area contributed by atoms with E-state index in [2.05, 4.69) is 12.1 Å². The first-order chi connectivity index (χ1) is 10.3. The number of ether oxygens (including phenoxy) is 1. The molecule has 100 valence electrons. The lowest BCUT2D eigenvalue weighted by molar-refractivity contribution is 0.101. The lowest BCUT2D eigenvalue weighted by Gasteiger charge is -2.03. The van der Waals surface area contributed by atoms with E-state index in [-0.39, 0.29) is 5.78 Å². The van der Waals surface area contributed by atoms with Crippen molar-refractivity contribution < 1.29 is 9.53 Å². The Morgan fingerprint density at radius 2 is 1.57 bits per heavy atom. The molecule has 0 bridgehead atoms. The van der Waals surface area contributed by atoms with Crippen LogP contribution in [0.15, 0.2) is 72.5 Å². The van der Waals surface area contributed by atoms with Crippen molar-refractivity contribution in [3.8, 4) is 5.75 Å². The minimum Gasteiger partial charge on any atom is -0.452 e. The number of hydrogen-bond acceptors (Lipinski definition) is 2. The SMILES string of the molecule is O=C1/C(=C/c2cccc3ccccc23)Oc2ccccc21. The van der Waals surface area contributed by atoms with Crippen molar-refractivity contribution in [3.63, 3.8) is 0 Å². The highest BCUT2D eigenvalue weighted by Gasteiger charge is 2.26. The van der Waals surface area contributed by atoms with Gasteiger partial charge in [-0.25, -0.2) is 0 Å². The third-order valence-corrected chi connectivity index (χ3v) is 3.69. The number of rotatable bonds is 1. The molecule has 0 unspecified atom stereocenters. The molecule has 0 radical (unpaired) electrons. The molecule has 0 spiro atoms. The summed E-state index contributed by atoms with van der Waals surface area (Å²) < 4.78 is 5.68. The molecule has 3 aromatic rings. The van der Waals surface area contributed by atoms with E-state index in [1.54, 1.807) is 6.07 Å². The molecule has 0 saturated heterocycles. The van der Waals surface area contributed by atoms with Gasteiger partial charge in [0.05, 0.1) is 5.56 Å². The van der Waals surface area contributed by atoms with E-state index in [1.807, 2.05) is 54.6 Å². The number of carbonyl (C=O) groups excluding carboxylic acids is 1. The van der Waals surface area contributed by atoms with Crippen molar-refractivity contribution in [3.05, 3.63) is 83.6 Å². The monoisotopic (exact) mass is 272 g/mol. The standard InChI is InChI=1S/C19H12O2/c20-19-16-10-3-4-11-17(16)21-18(19)12-14-8-5-7-13-6-1-2-9-15(13)14/h1-12H/b18-12-. The maximum Gasteiger partial charge on any atom is 0.231 e. The van der Waals surface area contributed by atoms with Crippen molar-refractivity contribution in [1.29, 1.82) is 0 Å². The molecule has 0 fully saturated rings. The van der Waals surface area contributed by atoms with Gasteiger partial charge in [-0.2, -0.15) is 0 Å². The molecular formula is C19H12O2. The summed E-state index contributed by atoms with van der Waals surface area (Å²) in [7, 11) is 0. The van der Waals surface area contributed by atoms with Crippen LogP contribution in [-0.4, -0.2) is 5.78 Å². The Hall–Kier alpha value is -2.87. The molecule has 0 aliphatic carbocycles. The first-order valence-electron chi connectivity index (χ1n) is 6.84. The summed E-state index contributed by atoms with van der Waals surface area (Å²) in [6, 6.07) is 21.5. The normalized spacial score (nSPS) is 15.2. The number of Topliss-reactive ketones (excluding diaryl/α,β-unsaturated/α-hetero) is 1. The lowest BCUT2D eigenvalue weighted by atomic mass is 10.0. The fourth-order valence-corrected chi connectivity index (χ4v) is 2.65. The van der Waals surface area contributed by atoms with Crippen molar-refractivity contribution in [2.75, 3.05) is 0 Å². The van der Waals surface area contributed by atoms with Crippen molar-refractivity contribution in [2.24, 2.45) is 0 Å². The Bertz CT molecular complexity index is 885. The first kappa shape index (κ1) is 11.9. The summed E-state index contributed by atoms with van der Waals surface area (Å²) in [4.78, 5) is 12.3. The summed E-state index contributed by atoms with van der Waals surface area (Å²) in [6.07, 6.45) is 1.82. The zero-order chi connectivity index (χ0) is 14.2. The quantitative estimate of drug-likeness (QED) is 0.611. The molecule has 1 aliphatic heterocycles. The molecule has 21 heavy (non-hydrogen) atoms. The number of ketones is 1. The number of benzene rings is 3. The van der Waals surface area contributed by atoms with Gasteiger partial charge in [-0.3, -0.25) is 4.79 Å². The molecule has 2 heteroatoms. The summed E-state index contributed by atoms with van der Waals surface area (Å²) in [5.74, 6) is 0.958. The van der Waals surface area contributed by atoms with Gasteiger partial charge in [0.25, 0.3) is 0 Å². The van der Waals surface area contributed by atoms with E-state index in [9.17, 15) is 4.79 Å². The largest absolute Gasteiger partial charge is 0.452 e. The van der Waals surface area contributed by atoms with Gasteiger partial charge in [0.1, 0.15) is 5.75 Å². The third-order valence-electron chi connectivity index (χ3n) is 3.69. The number of fused-ring (bicyclic) bond motifs is 2. The third kappa shape index (κ3) is 1.93. The molecule has 2 nitrogen and oxygen atoms in total. The predicted molar refractivity (Wildman–Crippen MR) is 83.3 cm³/mol. The number of carbonyl (C=O) groups is 1. The number of para-hydroxylation sites is 1. The highest BCUT2D eigenvalue weighted by Crippen LogP contribution is 2.32. The maximum absolute atomic E-state index is 12.3. The Kier molecular flexibility index (Phi) is 2.61. The van der Waals surface area contributed by atoms with E-state index >= 15 is 0 Å². The summed E-state index contributed by atoms with van der Waals surface area (Å²) in [6.45, 7) is 0. The van der Waals surface area contributed by atoms with Crippen LogP contribution in [0.5, 0.6) is 5.75 Å². The average molecular weight is 272 g/mol. The van der Waals surface area contributed by atoms with Gasteiger partial charge in [0.2, 0.25) is 5.78 Å². The highest BCUT2D eigenvalue weighted by molar-refractivity contribution is 6.15. The molecule has 0 saturated carbocycles. The second-order valence-electron chi connectivity index (χ2n) is 5.00. The number of hydrogen-bond donors (Lipinski definition) is 0. The lowest BCUT2D eigenvalue weighted by Crippen LogP contribution is -1.98. The van der Waals surface area contributed by atoms with Gasteiger partial charge in [-0.15, -0.1) is 0 Å². The van der Waals surface area contributed by atoms with Crippen LogP contribution in [0.2, 0.25) is 0 Å². The smallest absolute Gasteiger partial charge is 0.231 e. The van der Waals surface area contributed by atoms with Gasteiger partial charge >= 0.3 is 0 Å². The van der Waals surface area contributed by atoms with E-state index in [4.69, 9.17) is 4.74 Å². The maximum atomic E-state index is 12.3. The molecule has 0 amide bonds. The Balaban J connectivity index is 1.84. The predicted octanol–water partition coefficient (Wildman–Crippen LogP) is 4.46. The Morgan fingerprint density at radius 3 is 2.48 bits per heavy atom. The first-order valence-corrected chi connectivity index (χ1v) is 6.84. The van der Waals surface area contributed by atoms with Gasteiger partial charge < -0.3 is 4.74 Å². The van der Waals surface area contributed by atoms with E-state index < -0.39 is 0 Å². The molecule has 0 atom stereocenters. The van der Waals surface area contributed by atoms with Crippen LogP contribution in [-0.2, 0) is 0 Å². The van der Waals surface area contributed by atoms with Crippen molar-refractivity contribution >= 4 is 22.6 Å². The van der Waals surface area contributed by atoms with Crippen LogP contribution in [0.3, 0.4) is 0 Å².